The van der Waals surface area contributed by atoms with Gasteiger partial charge in [0.25, 0.3) is 7.82 Å². The Morgan fingerprint density at radius 2 is 1.56 bits per heavy atom. The summed E-state index contributed by atoms with van der Waals surface area (Å²) in [4.78, 5) is 33.0. The molecular weight excluding hydrogens is 262 g/mol. The Morgan fingerprint density at radius 1 is 1.19 bits per heavy atom. The van der Waals surface area contributed by atoms with Gasteiger partial charge in [-0.2, -0.15) is 0 Å². The number of carboxylic acids is 1. The van der Waals surface area contributed by atoms with Crippen molar-refractivity contribution in [1.29, 1.82) is 0 Å². The van der Waals surface area contributed by atoms with Crippen LogP contribution < -0.4 is 56.3 Å². The van der Waals surface area contributed by atoms with Gasteiger partial charge in [0.1, 0.15) is 0 Å². The van der Waals surface area contributed by atoms with Gasteiger partial charge < -0.3 is 19.8 Å². The smallest absolute Gasteiger partial charge is 0.756 e. The van der Waals surface area contributed by atoms with Gasteiger partial charge in [-0.25, -0.2) is 0 Å². The predicted molar refractivity (Wildman–Crippen MR) is 53.1 cm³/mol. The van der Waals surface area contributed by atoms with E-state index in [4.69, 9.17) is 24.4 Å². The van der Waals surface area contributed by atoms with Crippen molar-refractivity contribution < 1.29 is 80.5 Å². The minimum absolute atomic E-state index is 0. The quantitative estimate of drug-likeness (QED) is 0.291. The van der Waals surface area contributed by atoms with Crippen LogP contribution in [-0.2, 0) is 9.36 Å². The van der Waals surface area contributed by atoms with Gasteiger partial charge in [0, 0.05) is 6.42 Å². The zero-order valence-corrected chi connectivity index (χ0v) is 13.8. The summed E-state index contributed by atoms with van der Waals surface area (Å²) in [5, 5.41) is 8.27. The first-order valence-electron chi connectivity index (χ1n) is 4.75. The number of hydrogen-bond donors (Lipinski definition) is 3. The van der Waals surface area contributed by atoms with Crippen LogP contribution in [0.25, 0.3) is 0 Å². The van der Waals surface area contributed by atoms with Crippen molar-refractivity contribution in [3.05, 3.63) is 0 Å². The van der Waals surface area contributed by atoms with Crippen LogP contribution in [0.1, 0.15) is 45.4 Å². The Bertz CT molecular complexity index is 196. The number of carbonyl (C=O) groups is 1. The van der Waals surface area contributed by atoms with Gasteiger partial charge in [0.05, 0.1) is 0 Å². The largest absolute Gasteiger partial charge is 1.00 e. The third-order valence-electron chi connectivity index (χ3n) is 1.49. The van der Waals surface area contributed by atoms with Crippen molar-refractivity contribution >= 4 is 13.8 Å². The van der Waals surface area contributed by atoms with E-state index in [2.05, 4.69) is 6.92 Å². The third-order valence-corrected chi connectivity index (χ3v) is 1.49. The zero-order chi connectivity index (χ0) is 12.3. The molecule has 0 aromatic heterocycles. The summed E-state index contributed by atoms with van der Waals surface area (Å²) in [6.45, 7) is 2.15. The van der Waals surface area contributed by atoms with Gasteiger partial charge in [0.15, 0.2) is 0 Å². The molecule has 0 aliphatic carbocycles. The standard InChI is InChI=1S/C8H16O2.K.H3O4P/c1-2-3-4-5-6-7-8(9)10;;1-5(2,3)4/h2-7H2,1H3,(H,9,10);;(H3,1,2,3,4)/q;+1;/p-1. The molecule has 0 unspecified atom stereocenters. The zero-order valence-electron chi connectivity index (χ0n) is 9.76. The Kier molecular flexibility index (Phi) is 20.0. The first-order valence-corrected chi connectivity index (χ1v) is 6.28. The fourth-order valence-electron chi connectivity index (χ4n) is 0.880. The van der Waals surface area contributed by atoms with Crippen molar-refractivity contribution in [2.75, 3.05) is 0 Å². The molecule has 0 spiro atoms. The van der Waals surface area contributed by atoms with Crippen molar-refractivity contribution in [2.24, 2.45) is 0 Å². The average molecular weight is 280 g/mol. The maximum absolute atomic E-state index is 10.0. The van der Waals surface area contributed by atoms with Crippen LogP contribution >= 0.6 is 7.82 Å². The van der Waals surface area contributed by atoms with Crippen LogP contribution in [0.5, 0.6) is 0 Å². The molecular formula is C8H18KO6P. The Labute approximate surface area is 138 Å². The molecule has 0 radical (unpaired) electrons. The molecule has 0 aromatic carbocycles. The molecule has 0 aliphatic heterocycles. The van der Waals surface area contributed by atoms with Crippen LogP contribution in [0.2, 0.25) is 0 Å². The normalized spacial score (nSPS) is 9.75. The van der Waals surface area contributed by atoms with Gasteiger partial charge in [-0.05, 0) is 6.42 Å². The van der Waals surface area contributed by atoms with Gasteiger partial charge >= 0.3 is 57.4 Å². The summed E-state index contributed by atoms with van der Waals surface area (Å²) >= 11 is 0. The monoisotopic (exact) mass is 280 g/mol. The number of hydrogen-bond acceptors (Lipinski definition) is 3. The van der Waals surface area contributed by atoms with Gasteiger partial charge in [-0.15, -0.1) is 0 Å². The molecule has 0 aromatic rings. The van der Waals surface area contributed by atoms with E-state index in [1.165, 1.54) is 19.3 Å². The van der Waals surface area contributed by atoms with E-state index in [9.17, 15) is 4.79 Å². The molecule has 0 amide bonds. The minimum atomic E-state index is -4.89. The third kappa shape index (κ3) is 45.6. The molecule has 0 rings (SSSR count). The van der Waals surface area contributed by atoms with E-state index < -0.39 is 13.8 Å². The van der Waals surface area contributed by atoms with Crippen LogP contribution in [0, 0.1) is 0 Å². The molecule has 16 heavy (non-hydrogen) atoms. The van der Waals surface area contributed by atoms with E-state index in [1.54, 1.807) is 0 Å². The predicted octanol–water partition coefficient (Wildman–Crippen LogP) is -2.13. The number of phosphoric acid groups is 1. The summed E-state index contributed by atoms with van der Waals surface area (Å²) in [7, 11) is -4.89. The topological polar surface area (TPSA) is 118 Å². The molecule has 0 aliphatic rings. The van der Waals surface area contributed by atoms with Crippen molar-refractivity contribution in [2.45, 2.75) is 45.4 Å². The number of aliphatic carboxylic acids is 1. The Balaban J connectivity index is -0.000000242. The number of carboxylic acid groups (broad SMARTS) is 1. The summed E-state index contributed by atoms with van der Waals surface area (Å²) in [6, 6.07) is 0. The van der Waals surface area contributed by atoms with E-state index >= 15 is 0 Å². The summed E-state index contributed by atoms with van der Waals surface area (Å²) in [6.07, 6.45) is 5.88. The van der Waals surface area contributed by atoms with Crippen LogP contribution in [0.3, 0.4) is 0 Å². The Morgan fingerprint density at radius 3 is 1.88 bits per heavy atom. The second-order valence-electron chi connectivity index (χ2n) is 3.05. The summed E-state index contributed by atoms with van der Waals surface area (Å²) in [5.41, 5.74) is 0. The van der Waals surface area contributed by atoms with Crippen LogP contribution in [0.15, 0.2) is 0 Å². The summed E-state index contributed by atoms with van der Waals surface area (Å²) < 4.78 is 8.77. The second-order valence-corrected chi connectivity index (χ2v) is 4.03. The fourth-order valence-corrected chi connectivity index (χ4v) is 0.880. The molecule has 0 heterocycles. The molecule has 0 bridgehead atoms. The molecule has 3 N–H and O–H groups in total. The van der Waals surface area contributed by atoms with Crippen molar-refractivity contribution in [3.8, 4) is 0 Å². The van der Waals surface area contributed by atoms with Crippen molar-refractivity contribution in [3.63, 3.8) is 0 Å². The maximum atomic E-state index is 10.0. The van der Waals surface area contributed by atoms with E-state index in [0.717, 1.165) is 12.8 Å². The molecule has 0 saturated heterocycles. The van der Waals surface area contributed by atoms with Crippen molar-refractivity contribution in [1.82, 2.24) is 0 Å². The van der Waals surface area contributed by atoms with E-state index in [0.29, 0.717) is 6.42 Å². The number of rotatable bonds is 6. The maximum Gasteiger partial charge on any atom is 1.00 e. The first kappa shape index (κ1) is 22.4. The fraction of sp³-hybridized carbons (Fsp3) is 0.875. The minimum Gasteiger partial charge on any atom is -0.756 e. The molecule has 0 atom stereocenters. The van der Waals surface area contributed by atoms with Gasteiger partial charge in [0.2, 0.25) is 0 Å². The second kappa shape index (κ2) is 14.3. The summed E-state index contributed by atoms with van der Waals surface area (Å²) in [5.74, 6) is -0.670. The van der Waals surface area contributed by atoms with E-state index in [-0.39, 0.29) is 51.4 Å². The van der Waals surface area contributed by atoms with Gasteiger partial charge in [-0.3, -0.25) is 9.36 Å². The average Bonchev–Trinajstić information content (AvgIpc) is 2.00. The van der Waals surface area contributed by atoms with E-state index in [1.807, 2.05) is 0 Å². The van der Waals surface area contributed by atoms with Crippen LogP contribution in [-0.4, -0.2) is 20.9 Å². The first-order chi connectivity index (χ1) is 6.77. The molecule has 92 valence electrons. The number of unbranched alkanes of at least 4 members (excludes halogenated alkanes) is 4. The van der Waals surface area contributed by atoms with Crippen LogP contribution in [0.4, 0.5) is 0 Å². The van der Waals surface area contributed by atoms with Gasteiger partial charge in [-0.1, -0.05) is 32.6 Å². The molecule has 0 saturated carbocycles. The SMILES string of the molecule is CCCCCCCC(=O)O.O=P([O-])(O)O.[K+]. The Hall–Kier alpha value is 1.22. The molecule has 6 nitrogen and oxygen atoms in total. The molecule has 8 heteroatoms. The molecule has 0 fully saturated rings.